The van der Waals surface area contributed by atoms with E-state index in [1.165, 1.54) is 24.1 Å². The van der Waals surface area contributed by atoms with E-state index in [1.54, 1.807) is 24.5 Å². The molecule has 1 aromatic heterocycles. The van der Waals surface area contributed by atoms with Crippen LogP contribution in [0, 0.1) is 5.82 Å². The lowest BCUT2D eigenvalue weighted by molar-refractivity contribution is -0.140. The highest BCUT2D eigenvalue weighted by atomic mass is 19.1. The van der Waals surface area contributed by atoms with Gasteiger partial charge >= 0.3 is 0 Å². The Morgan fingerprint density at radius 1 is 1.25 bits per heavy atom. The molecule has 1 atom stereocenters. The van der Waals surface area contributed by atoms with Crippen LogP contribution in [0.1, 0.15) is 17.2 Å². The Hall–Kier alpha value is -3.30. The van der Waals surface area contributed by atoms with Crippen LogP contribution < -0.4 is 4.74 Å². The van der Waals surface area contributed by atoms with Gasteiger partial charge in [0.25, 0.3) is 11.7 Å². The number of aliphatic hydroxyl groups is 1. The molecule has 3 heterocycles. The number of morpholine rings is 1. The second-order valence-corrected chi connectivity index (χ2v) is 7.58. The fraction of sp³-hybridized carbons (Fsp3) is 0.348. The van der Waals surface area contributed by atoms with Crippen LogP contribution in [0.4, 0.5) is 4.39 Å². The summed E-state index contributed by atoms with van der Waals surface area (Å²) < 4.78 is 24.5. The normalized spacial score (nSPS) is 21.2. The summed E-state index contributed by atoms with van der Waals surface area (Å²) in [4.78, 5) is 33.7. The van der Waals surface area contributed by atoms with E-state index in [4.69, 9.17) is 9.47 Å². The molecule has 8 nitrogen and oxygen atoms in total. The Morgan fingerprint density at radius 2 is 2.03 bits per heavy atom. The molecule has 2 saturated heterocycles. The summed E-state index contributed by atoms with van der Waals surface area (Å²) in [6, 6.07) is 6.21. The predicted molar refractivity (Wildman–Crippen MR) is 113 cm³/mol. The number of ketones is 1. The summed E-state index contributed by atoms with van der Waals surface area (Å²) in [6.07, 6.45) is 3.13. The van der Waals surface area contributed by atoms with Crippen molar-refractivity contribution in [2.24, 2.45) is 0 Å². The summed E-state index contributed by atoms with van der Waals surface area (Å²) in [6.45, 7) is 3.54. The maximum atomic E-state index is 14.0. The van der Waals surface area contributed by atoms with Gasteiger partial charge in [-0.3, -0.25) is 19.5 Å². The van der Waals surface area contributed by atoms with E-state index < -0.39 is 29.3 Å². The standard InChI is InChI=1S/C23H24FN3O5/c1-31-18-5-4-16(24)13-17(18)21(28)19-20(15-3-2-6-25-14-15)27(23(30)22(19)29)8-7-26-9-11-32-12-10-26/h2-6,13-14,20,28H,7-12H2,1H3. The lowest BCUT2D eigenvalue weighted by Gasteiger charge is -2.30. The number of rotatable bonds is 6. The maximum Gasteiger partial charge on any atom is 0.295 e. The van der Waals surface area contributed by atoms with Gasteiger partial charge in [0.1, 0.15) is 17.3 Å². The van der Waals surface area contributed by atoms with Crippen LogP contribution in [0.5, 0.6) is 5.75 Å². The minimum absolute atomic E-state index is 0.00701. The zero-order valence-corrected chi connectivity index (χ0v) is 17.7. The number of pyridine rings is 1. The molecule has 0 bridgehead atoms. The highest BCUT2D eigenvalue weighted by molar-refractivity contribution is 6.46. The largest absolute Gasteiger partial charge is 0.507 e. The lowest BCUT2D eigenvalue weighted by Crippen LogP contribution is -2.42. The third-order valence-corrected chi connectivity index (χ3v) is 5.72. The molecular weight excluding hydrogens is 417 g/mol. The van der Waals surface area contributed by atoms with Gasteiger partial charge in [-0.25, -0.2) is 4.39 Å². The topological polar surface area (TPSA) is 92.2 Å². The molecule has 0 radical (unpaired) electrons. The predicted octanol–water partition coefficient (Wildman–Crippen LogP) is 1.98. The number of methoxy groups -OCH3 is 1. The van der Waals surface area contributed by atoms with Crippen LogP contribution in [0.3, 0.4) is 0 Å². The fourth-order valence-electron chi connectivity index (χ4n) is 4.08. The Labute approximate surface area is 184 Å². The highest BCUT2D eigenvalue weighted by Gasteiger charge is 2.46. The van der Waals surface area contributed by atoms with E-state index in [1.807, 2.05) is 0 Å². The Morgan fingerprint density at radius 3 is 2.72 bits per heavy atom. The number of aliphatic hydroxyl groups excluding tert-OH is 1. The summed E-state index contributed by atoms with van der Waals surface area (Å²) in [5, 5.41) is 11.1. The SMILES string of the molecule is COc1ccc(F)cc1C(O)=C1C(=O)C(=O)N(CCN2CCOCC2)C1c1cccnc1. The molecular formula is C23H24FN3O5. The summed E-state index contributed by atoms with van der Waals surface area (Å²) in [5.41, 5.74) is 0.465. The molecule has 2 aromatic rings. The molecule has 1 unspecified atom stereocenters. The first kappa shape index (κ1) is 21.9. The number of nitrogens with zero attached hydrogens (tertiary/aromatic N) is 3. The van der Waals surface area contributed by atoms with Crippen LogP contribution in [0.2, 0.25) is 0 Å². The number of Topliss-reactive ketones (excluding diaryl/α,β-unsaturated/α-hetero) is 1. The smallest absolute Gasteiger partial charge is 0.295 e. The number of hydrogen-bond acceptors (Lipinski definition) is 7. The lowest BCUT2D eigenvalue weighted by atomic mass is 9.96. The highest BCUT2D eigenvalue weighted by Crippen LogP contribution is 2.40. The number of halogens is 1. The quantitative estimate of drug-likeness (QED) is 0.416. The van der Waals surface area contributed by atoms with E-state index in [-0.39, 0.29) is 23.4 Å². The van der Waals surface area contributed by atoms with Crippen LogP contribution in [0.25, 0.3) is 5.76 Å². The molecule has 168 valence electrons. The van der Waals surface area contributed by atoms with Crippen LogP contribution >= 0.6 is 0 Å². The van der Waals surface area contributed by atoms with Gasteiger partial charge in [0, 0.05) is 38.6 Å². The Bertz CT molecular complexity index is 1040. The Kier molecular flexibility index (Phi) is 6.48. The minimum Gasteiger partial charge on any atom is -0.507 e. The second kappa shape index (κ2) is 9.46. The van der Waals surface area contributed by atoms with Crippen molar-refractivity contribution in [3.8, 4) is 5.75 Å². The number of hydrogen-bond donors (Lipinski definition) is 1. The summed E-state index contributed by atoms with van der Waals surface area (Å²) >= 11 is 0. The third-order valence-electron chi connectivity index (χ3n) is 5.72. The molecule has 1 aromatic carbocycles. The average Bonchev–Trinajstić information content (AvgIpc) is 3.08. The molecule has 2 fully saturated rings. The van der Waals surface area contributed by atoms with Crippen molar-refractivity contribution in [3.05, 3.63) is 65.2 Å². The molecule has 9 heteroatoms. The fourth-order valence-corrected chi connectivity index (χ4v) is 4.08. The number of benzene rings is 1. The van der Waals surface area contributed by atoms with Crippen molar-refractivity contribution in [2.45, 2.75) is 6.04 Å². The monoisotopic (exact) mass is 441 g/mol. The van der Waals surface area contributed by atoms with Crippen LogP contribution in [-0.4, -0.2) is 78.1 Å². The van der Waals surface area contributed by atoms with E-state index in [2.05, 4.69) is 9.88 Å². The van der Waals surface area contributed by atoms with Crippen molar-refractivity contribution in [1.82, 2.24) is 14.8 Å². The molecule has 2 aliphatic rings. The van der Waals surface area contributed by atoms with Gasteiger partial charge in [0.05, 0.1) is 37.5 Å². The van der Waals surface area contributed by atoms with Crippen molar-refractivity contribution in [2.75, 3.05) is 46.5 Å². The summed E-state index contributed by atoms with van der Waals surface area (Å²) in [7, 11) is 1.38. The zero-order chi connectivity index (χ0) is 22.7. The molecule has 4 rings (SSSR count). The third kappa shape index (κ3) is 4.21. The molecule has 0 saturated carbocycles. The number of carbonyl (C=O) groups excluding carboxylic acids is 2. The van der Waals surface area contributed by atoms with Gasteiger partial charge in [0.2, 0.25) is 0 Å². The zero-order valence-electron chi connectivity index (χ0n) is 17.7. The van der Waals surface area contributed by atoms with Gasteiger partial charge in [-0.2, -0.15) is 0 Å². The van der Waals surface area contributed by atoms with Gasteiger partial charge < -0.3 is 19.5 Å². The molecule has 0 spiro atoms. The number of amides is 1. The first-order valence-electron chi connectivity index (χ1n) is 10.3. The van der Waals surface area contributed by atoms with Crippen LogP contribution in [-0.2, 0) is 14.3 Å². The first-order chi connectivity index (χ1) is 15.5. The number of likely N-dealkylation sites (tertiary alicyclic amines) is 1. The average molecular weight is 441 g/mol. The van der Waals surface area contributed by atoms with E-state index in [0.717, 1.165) is 19.2 Å². The molecule has 1 amide bonds. The molecule has 0 aliphatic carbocycles. The summed E-state index contributed by atoms with van der Waals surface area (Å²) in [5.74, 6) is -2.45. The van der Waals surface area contributed by atoms with Crippen molar-refractivity contribution < 1.29 is 28.6 Å². The molecule has 32 heavy (non-hydrogen) atoms. The van der Waals surface area contributed by atoms with E-state index >= 15 is 0 Å². The van der Waals surface area contributed by atoms with Gasteiger partial charge in [0.15, 0.2) is 0 Å². The molecule has 1 N–H and O–H groups in total. The number of ether oxygens (including phenoxy) is 2. The minimum atomic E-state index is -0.849. The van der Waals surface area contributed by atoms with Gasteiger partial charge in [-0.1, -0.05) is 6.07 Å². The molecule has 2 aliphatic heterocycles. The van der Waals surface area contributed by atoms with Crippen LogP contribution in [0.15, 0.2) is 48.3 Å². The van der Waals surface area contributed by atoms with Crippen molar-refractivity contribution in [1.29, 1.82) is 0 Å². The first-order valence-corrected chi connectivity index (χ1v) is 10.3. The van der Waals surface area contributed by atoms with E-state index in [0.29, 0.717) is 25.3 Å². The van der Waals surface area contributed by atoms with Crippen molar-refractivity contribution >= 4 is 17.4 Å². The van der Waals surface area contributed by atoms with Gasteiger partial charge in [-0.15, -0.1) is 0 Å². The number of carbonyl (C=O) groups is 2. The van der Waals surface area contributed by atoms with Gasteiger partial charge in [-0.05, 0) is 29.8 Å². The maximum absolute atomic E-state index is 14.0. The Balaban J connectivity index is 1.76. The number of aromatic nitrogens is 1. The van der Waals surface area contributed by atoms with Crippen molar-refractivity contribution in [3.63, 3.8) is 0 Å². The van der Waals surface area contributed by atoms with E-state index in [9.17, 15) is 19.1 Å². The second-order valence-electron chi connectivity index (χ2n) is 7.58.